The Morgan fingerprint density at radius 2 is 1.48 bits per heavy atom. The molecule has 0 saturated heterocycles. The van der Waals surface area contributed by atoms with E-state index < -0.39 is 11.3 Å². The van der Waals surface area contributed by atoms with Crippen molar-refractivity contribution in [1.82, 2.24) is 0 Å². The van der Waals surface area contributed by atoms with Crippen LogP contribution >= 0.6 is 11.6 Å². The Bertz CT molecular complexity index is 635. The van der Waals surface area contributed by atoms with Crippen LogP contribution < -0.4 is 9.47 Å². The Labute approximate surface area is 142 Å². The Balaban J connectivity index is 2.05. The van der Waals surface area contributed by atoms with Crippen molar-refractivity contribution in [1.29, 1.82) is 0 Å². The average molecular weight is 333 g/mol. The van der Waals surface area contributed by atoms with Gasteiger partial charge in [-0.15, -0.1) is 11.6 Å². The minimum atomic E-state index is -0.624. The molecule has 0 N–H and O–H groups in total. The van der Waals surface area contributed by atoms with Crippen LogP contribution in [0, 0.1) is 5.92 Å². The molecule has 0 amide bonds. The quantitative estimate of drug-likeness (QED) is 0.428. The fourth-order valence-electron chi connectivity index (χ4n) is 2.11. The number of carbonyl (C=O) groups excluding carboxylic acids is 1. The summed E-state index contributed by atoms with van der Waals surface area (Å²) in [5, 5.41) is -0.624. The molecule has 0 radical (unpaired) electrons. The van der Waals surface area contributed by atoms with Gasteiger partial charge in [0.1, 0.15) is 16.9 Å². The molecule has 0 aliphatic carbocycles. The zero-order valence-electron chi connectivity index (χ0n) is 13.6. The standard InChI is InChI=1S/C19H21ClO3/c1-4-13(2)18(20)19(21)23-17-11-7-15(8-12-17)14-5-9-16(22-3)10-6-14/h5-13,18H,4H2,1-3H3. The van der Waals surface area contributed by atoms with Crippen LogP contribution in [0.3, 0.4) is 0 Å². The number of benzene rings is 2. The maximum atomic E-state index is 12.0. The molecule has 2 aromatic carbocycles. The molecule has 0 spiro atoms. The summed E-state index contributed by atoms with van der Waals surface area (Å²) in [6, 6.07) is 15.2. The van der Waals surface area contributed by atoms with Crippen LogP contribution in [-0.4, -0.2) is 18.5 Å². The van der Waals surface area contributed by atoms with Crippen LogP contribution in [0.1, 0.15) is 20.3 Å². The summed E-state index contributed by atoms with van der Waals surface area (Å²) in [6.07, 6.45) is 0.833. The van der Waals surface area contributed by atoms with E-state index in [4.69, 9.17) is 21.1 Å². The molecule has 2 rings (SSSR count). The van der Waals surface area contributed by atoms with Crippen molar-refractivity contribution >= 4 is 17.6 Å². The smallest absolute Gasteiger partial charge is 0.329 e. The summed E-state index contributed by atoms with van der Waals surface area (Å²) in [6.45, 7) is 3.93. The van der Waals surface area contributed by atoms with Gasteiger partial charge in [0.05, 0.1) is 7.11 Å². The normalized spacial score (nSPS) is 13.2. The van der Waals surface area contributed by atoms with Gasteiger partial charge in [0.25, 0.3) is 0 Å². The summed E-state index contributed by atoms with van der Waals surface area (Å²) in [5.41, 5.74) is 2.11. The Morgan fingerprint density at radius 1 is 1.00 bits per heavy atom. The number of carbonyl (C=O) groups is 1. The summed E-state index contributed by atoms with van der Waals surface area (Å²) in [7, 11) is 1.64. The highest BCUT2D eigenvalue weighted by atomic mass is 35.5. The van der Waals surface area contributed by atoms with Gasteiger partial charge in [-0.3, -0.25) is 4.79 Å². The predicted octanol–water partition coefficient (Wildman–Crippen LogP) is 4.92. The zero-order valence-corrected chi connectivity index (χ0v) is 14.3. The van der Waals surface area contributed by atoms with Crippen molar-refractivity contribution in [3.05, 3.63) is 48.5 Å². The van der Waals surface area contributed by atoms with Crippen LogP contribution in [0.2, 0.25) is 0 Å². The van der Waals surface area contributed by atoms with Crippen LogP contribution in [0.5, 0.6) is 11.5 Å². The van der Waals surface area contributed by atoms with Gasteiger partial charge in [-0.2, -0.15) is 0 Å². The van der Waals surface area contributed by atoms with Gasteiger partial charge in [0.2, 0.25) is 0 Å². The molecule has 4 heteroatoms. The lowest BCUT2D eigenvalue weighted by Crippen LogP contribution is -2.26. The maximum absolute atomic E-state index is 12.0. The van der Waals surface area contributed by atoms with Gasteiger partial charge >= 0.3 is 5.97 Å². The molecule has 0 heterocycles. The van der Waals surface area contributed by atoms with E-state index >= 15 is 0 Å². The number of esters is 1. The lowest BCUT2D eigenvalue weighted by molar-refractivity contribution is -0.134. The van der Waals surface area contributed by atoms with E-state index in [1.807, 2.05) is 50.2 Å². The van der Waals surface area contributed by atoms with Crippen molar-refractivity contribution < 1.29 is 14.3 Å². The number of alkyl halides is 1. The van der Waals surface area contributed by atoms with Crippen molar-refractivity contribution in [2.45, 2.75) is 25.6 Å². The molecule has 0 aromatic heterocycles. The third kappa shape index (κ3) is 4.49. The largest absolute Gasteiger partial charge is 0.497 e. The van der Waals surface area contributed by atoms with Gasteiger partial charge in [-0.25, -0.2) is 0 Å². The third-order valence-corrected chi connectivity index (χ3v) is 4.47. The number of hydrogen-bond donors (Lipinski definition) is 0. The monoisotopic (exact) mass is 332 g/mol. The fourth-order valence-corrected chi connectivity index (χ4v) is 2.33. The fraction of sp³-hybridized carbons (Fsp3) is 0.316. The first-order chi connectivity index (χ1) is 11.0. The van der Waals surface area contributed by atoms with E-state index in [0.29, 0.717) is 5.75 Å². The van der Waals surface area contributed by atoms with E-state index in [2.05, 4.69) is 0 Å². The Morgan fingerprint density at radius 3 is 1.91 bits per heavy atom. The summed E-state index contributed by atoms with van der Waals surface area (Å²) in [4.78, 5) is 12.0. The first-order valence-electron chi connectivity index (χ1n) is 7.65. The summed E-state index contributed by atoms with van der Waals surface area (Å²) >= 11 is 6.10. The average Bonchev–Trinajstić information content (AvgIpc) is 2.61. The van der Waals surface area contributed by atoms with E-state index in [9.17, 15) is 4.79 Å². The highest BCUT2D eigenvalue weighted by molar-refractivity contribution is 6.30. The number of hydrogen-bond acceptors (Lipinski definition) is 3. The summed E-state index contributed by atoms with van der Waals surface area (Å²) < 4.78 is 10.5. The molecule has 0 aliphatic heterocycles. The maximum Gasteiger partial charge on any atom is 0.329 e. The van der Waals surface area contributed by atoms with E-state index in [1.165, 1.54) is 0 Å². The van der Waals surface area contributed by atoms with E-state index in [-0.39, 0.29) is 5.92 Å². The molecule has 23 heavy (non-hydrogen) atoms. The second kappa shape index (κ2) is 8.02. The minimum absolute atomic E-state index is 0.0859. The van der Waals surface area contributed by atoms with E-state index in [0.717, 1.165) is 23.3 Å². The molecule has 3 nitrogen and oxygen atoms in total. The predicted molar refractivity (Wildman–Crippen MR) is 93.2 cm³/mol. The zero-order chi connectivity index (χ0) is 16.8. The van der Waals surface area contributed by atoms with Gasteiger partial charge in [0, 0.05) is 0 Å². The first kappa shape index (κ1) is 17.4. The van der Waals surface area contributed by atoms with Crippen LogP contribution in [0.15, 0.2) is 48.5 Å². The van der Waals surface area contributed by atoms with Crippen molar-refractivity contribution in [3.8, 4) is 22.6 Å². The van der Waals surface area contributed by atoms with Crippen LogP contribution in [0.4, 0.5) is 0 Å². The van der Waals surface area contributed by atoms with Crippen molar-refractivity contribution in [2.75, 3.05) is 7.11 Å². The van der Waals surface area contributed by atoms with Crippen molar-refractivity contribution in [3.63, 3.8) is 0 Å². The second-order valence-electron chi connectivity index (χ2n) is 5.46. The Kier molecular flexibility index (Phi) is 6.05. The van der Waals surface area contributed by atoms with Gasteiger partial charge in [0.15, 0.2) is 0 Å². The molecular formula is C19H21ClO3. The Hall–Kier alpha value is -2.00. The topological polar surface area (TPSA) is 35.5 Å². The molecule has 0 aliphatic rings. The molecule has 0 bridgehead atoms. The van der Waals surface area contributed by atoms with Crippen LogP contribution in [0.25, 0.3) is 11.1 Å². The molecule has 0 fully saturated rings. The highest BCUT2D eigenvalue weighted by Gasteiger charge is 2.23. The van der Waals surface area contributed by atoms with Crippen LogP contribution in [-0.2, 0) is 4.79 Å². The minimum Gasteiger partial charge on any atom is -0.497 e. The van der Waals surface area contributed by atoms with Gasteiger partial charge in [-0.1, -0.05) is 44.5 Å². The van der Waals surface area contributed by atoms with E-state index in [1.54, 1.807) is 19.2 Å². The second-order valence-corrected chi connectivity index (χ2v) is 5.93. The summed E-state index contributed by atoms with van der Waals surface area (Å²) in [5.74, 6) is 1.000. The SMILES string of the molecule is CCC(C)C(Cl)C(=O)Oc1ccc(-c2ccc(OC)cc2)cc1. The molecule has 2 aromatic rings. The van der Waals surface area contributed by atoms with Crippen molar-refractivity contribution in [2.24, 2.45) is 5.92 Å². The lowest BCUT2D eigenvalue weighted by atomic mass is 10.0. The van der Waals surface area contributed by atoms with Gasteiger partial charge < -0.3 is 9.47 Å². The number of halogens is 1. The van der Waals surface area contributed by atoms with Gasteiger partial charge in [-0.05, 0) is 41.3 Å². The molecule has 2 atom stereocenters. The number of methoxy groups -OCH3 is 1. The molecule has 2 unspecified atom stereocenters. The third-order valence-electron chi connectivity index (χ3n) is 3.86. The molecular weight excluding hydrogens is 312 g/mol. The lowest BCUT2D eigenvalue weighted by Gasteiger charge is -2.15. The molecule has 0 saturated carbocycles. The highest BCUT2D eigenvalue weighted by Crippen LogP contribution is 2.25. The number of ether oxygens (including phenoxy) is 2. The number of rotatable bonds is 6. The molecule has 122 valence electrons. The first-order valence-corrected chi connectivity index (χ1v) is 8.09.